The minimum Gasteiger partial charge on any atom is -0.493 e. The monoisotopic (exact) mass is 264 g/mol. The Labute approximate surface area is 113 Å². The molecular formula is C13H20N4O2. The number of carbonyl (C=O) groups is 1. The molecule has 0 spiro atoms. The Balaban J connectivity index is 2.80. The van der Waals surface area contributed by atoms with E-state index in [4.69, 9.17) is 11.2 Å². The molecule has 0 bridgehead atoms. The number of terminal acetylenes is 1. The van der Waals surface area contributed by atoms with Gasteiger partial charge in [0.2, 0.25) is 0 Å². The van der Waals surface area contributed by atoms with Crippen LogP contribution in [0.15, 0.2) is 6.20 Å². The molecule has 0 radical (unpaired) electrons. The summed E-state index contributed by atoms with van der Waals surface area (Å²) in [4.78, 5) is 14.2. The second kappa shape index (κ2) is 7.56. The fraction of sp³-hybridized carbons (Fsp3) is 0.538. The molecule has 0 aliphatic rings. The fourth-order valence-corrected chi connectivity index (χ4v) is 1.60. The molecule has 1 N–H and O–H groups in total. The van der Waals surface area contributed by atoms with Crippen LogP contribution < -0.4 is 10.1 Å². The highest BCUT2D eigenvalue weighted by Gasteiger charge is 2.18. The van der Waals surface area contributed by atoms with E-state index in [0.29, 0.717) is 24.5 Å². The van der Waals surface area contributed by atoms with Crippen LogP contribution in [0, 0.1) is 12.3 Å². The third-order valence-electron chi connectivity index (χ3n) is 2.56. The average Bonchev–Trinajstić information content (AvgIpc) is 2.79. The van der Waals surface area contributed by atoms with Crippen molar-refractivity contribution in [3.05, 3.63) is 11.9 Å². The van der Waals surface area contributed by atoms with Crippen molar-refractivity contribution in [2.75, 3.05) is 40.8 Å². The molecule has 0 saturated heterocycles. The topological polar surface area (TPSA) is 59.4 Å². The van der Waals surface area contributed by atoms with E-state index < -0.39 is 0 Å². The van der Waals surface area contributed by atoms with Gasteiger partial charge in [-0.25, -0.2) is 0 Å². The van der Waals surface area contributed by atoms with E-state index in [0.717, 1.165) is 6.54 Å². The molecule has 0 aliphatic carbocycles. The summed E-state index contributed by atoms with van der Waals surface area (Å²) in [7, 11) is 5.46. The Bertz CT molecular complexity index is 460. The third kappa shape index (κ3) is 4.39. The summed E-state index contributed by atoms with van der Waals surface area (Å²) in [6, 6.07) is 0. The van der Waals surface area contributed by atoms with Crippen LogP contribution >= 0.6 is 0 Å². The molecule has 0 fully saturated rings. The number of rotatable bonds is 8. The van der Waals surface area contributed by atoms with Gasteiger partial charge in [-0.1, -0.05) is 5.92 Å². The first-order valence-corrected chi connectivity index (χ1v) is 6.02. The Kier molecular flexibility index (Phi) is 6.06. The van der Waals surface area contributed by atoms with Gasteiger partial charge in [0, 0.05) is 6.54 Å². The number of nitrogens with one attached hydrogen (secondary N) is 1. The quantitative estimate of drug-likeness (QED) is 0.402. The van der Waals surface area contributed by atoms with Gasteiger partial charge in [0.1, 0.15) is 5.69 Å². The molecule has 1 rings (SSSR count). The first-order valence-electron chi connectivity index (χ1n) is 6.02. The highest BCUT2D eigenvalue weighted by atomic mass is 16.5. The van der Waals surface area contributed by atoms with Crippen LogP contribution in [0.25, 0.3) is 0 Å². The van der Waals surface area contributed by atoms with E-state index in [1.165, 1.54) is 7.11 Å². The maximum Gasteiger partial charge on any atom is 0.198 e. The number of ketones is 1. The lowest BCUT2D eigenvalue weighted by molar-refractivity contribution is 0.0978. The summed E-state index contributed by atoms with van der Waals surface area (Å²) >= 11 is 0. The average molecular weight is 264 g/mol. The molecule has 1 aromatic rings. The van der Waals surface area contributed by atoms with Crippen LogP contribution in [-0.4, -0.2) is 61.3 Å². The predicted octanol–water partition coefficient (Wildman–Crippen LogP) is -0.141. The molecule has 6 heteroatoms. The van der Waals surface area contributed by atoms with Gasteiger partial charge in [0.25, 0.3) is 0 Å². The Hall–Kier alpha value is -1.84. The van der Waals surface area contributed by atoms with Gasteiger partial charge >= 0.3 is 0 Å². The summed E-state index contributed by atoms with van der Waals surface area (Å²) in [6.07, 6.45) is 6.69. The lowest BCUT2D eigenvalue weighted by atomic mass is 10.2. The zero-order chi connectivity index (χ0) is 14.3. The van der Waals surface area contributed by atoms with E-state index >= 15 is 0 Å². The van der Waals surface area contributed by atoms with Crippen LogP contribution in [0.5, 0.6) is 5.75 Å². The Morgan fingerprint density at radius 2 is 2.37 bits per heavy atom. The molecular weight excluding hydrogens is 244 g/mol. The molecule has 19 heavy (non-hydrogen) atoms. The van der Waals surface area contributed by atoms with Crippen LogP contribution in [0.3, 0.4) is 0 Å². The first kappa shape index (κ1) is 15.2. The van der Waals surface area contributed by atoms with Gasteiger partial charge in [-0.2, -0.15) is 5.10 Å². The molecule has 0 atom stereocenters. The van der Waals surface area contributed by atoms with Crippen LogP contribution in [0.2, 0.25) is 0 Å². The zero-order valence-corrected chi connectivity index (χ0v) is 11.6. The van der Waals surface area contributed by atoms with Gasteiger partial charge in [0.15, 0.2) is 11.5 Å². The normalized spacial score (nSPS) is 10.5. The molecule has 0 aromatic carbocycles. The largest absolute Gasteiger partial charge is 0.493 e. The van der Waals surface area contributed by atoms with Crippen molar-refractivity contribution < 1.29 is 9.53 Å². The summed E-state index contributed by atoms with van der Waals surface area (Å²) in [5.41, 5.74) is 0.480. The van der Waals surface area contributed by atoms with Gasteiger partial charge in [-0.05, 0) is 14.1 Å². The number of aromatic nitrogens is 2. The first-order chi connectivity index (χ1) is 9.10. The summed E-state index contributed by atoms with van der Waals surface area (Å²) < 4.78 is 6.84. The van der Waals surface area contributed by atoms with Gasteiger partial charge < -0.3 is 9.64 Å². The van der Waals surface area contributed by atoms with E-state index in [9.17, 15) is 4.79 Å². The number of Topliss-reactive ketones (excluding diaryl/α,β-unsaturated/α-hetero) is 1. The summed E-state index contributed by atoms with van der Waals surface area (Å²) in [5, 5.41) is 7.06. The lowest BCUT2D eigenvalue weighted by Gasteiger charge is -2.12. The van der Waals surface area contributed by atoms with Crippen molar-refractivity contribution in [1.82, 2.24) is 20.0 Å². The van der Waals surface area contributed by atoms with Crippen molar-refractivity contribution in [2.24, 2.45) is 0 Å². The maximum absolute atomic E-state index is 12.1. The molecule has 104 valence electrons. The van der Waals surface area contributed by atoms with E-state index in [-0.39, 0.29) is 12.3 Å². The van der Waals surface area contributed by atoms with Crippen molar-refractivity contribution in [2.45, 2.75) is 6.54 Å². The SMILES string of the molecule is C#CCNCC(=O)c1c(OC)cnn1CCN(C)C. The van der Waals surface area contributed by atoms with E-state index in [1.807, 2.05) is 19.0 Å². The number of ether oxygens (including phenoxy) is 1. The number of hydrogen-bond acceptors (Lipinski definition) is 5. The lowest BCUT2D eigenvalue weighted by Crippen LogP contribution is -2.27. The number of methoxy groups -OCH3 is 1. The molecule has 0 unspecified atom stereocenters. The summed E-state index contributed by atoms with van der Waals surface area (Å²) in [5.74, 6) is 2.84. The van der Waals surface area contributed by atoms with Gasteiger partial charge in [-0.3, -0.25) is 14.8 Å². The van der Waals surface area contributed by atoms with Crippen molar-refractivity contribution in [3.63, 3.8) is 0 Å². The van der Waals surface area contributed by atoms with E-state index in [1.54, 1.807) is 10.9 Å². The number of carbonyl (C=O) groups excluding carboxylic acids is 1. The minimum absolute atomic E-state index is 0.0802. The summed E-state index contributed by atoms with van der Waals surface area (Å²) in [6.45, 7) is 1.96. The molecule has 1 aromatic heterocycles. The predicted molar refractivity (Wildman–Crippen MR) is 73.4 cm³/mol. The van der Waals surface area contributed by atoms with Gasteiger partial charge in [-0.15, -0.1) is 6.42 Å². The highest BCUT2D eigenvalue weighted by Crippen LogP contribution is 2.17. The molecule has 6 nitrogen and oxygen atoms in total. The number of nitrogens with zero attached hydrogens (tertiary/aromatic N) is 3. The molecule has 0 amide bonds. The van der Waals surface area contributed by atoms with Crippen LogP contribution in [-0.2, 0) is 6.54 Å². The fourth-order valence-electron chi connectivity index (χ4n) is 1.60. The minimum atomic E-state index is -0.0802. The molecule has 0 aliphatic heterocycles. The second-order valence-electron chi connectivity index (χ2n) is 4.32. The maximum atomic E-state index is 12.1. The van der Waals surface area contributed by atoms with Gasteiger partial charge in [0.05, 0.1) is 32.9 Å². The van der Waals surface area contributed by atoms with Crippen molar-refractivity contribution >= 4 is 5.78 Å². The second-order valence-corrected chi connectivity index (χ2v) is 4.32. The number of hydrogen-bond donors (Lipinski definition) is 1. The zero-order valence-electron chi connectivity index (χ0n) is 11.6. The molecule has 0 saturated carbocycles. The highest BCUT2D eigenvalue weighted by molar-refractivity contribution is 5.98. The van der Waals surface area contributed by atoms with Crippen LogP contribution in [0.1, 0.15) is 10.5 Å². The Morgan fingerprint density at radius 3 is 2.95 bits per heavy atom. The molecule has 1 heterocycles. The van der Waals surface area contributed by atoms with Crippen molar-refractivity contribution in [3.8, 4) is 18.1 Å². The van der Waals surface area contributed by atoms with Crippen LogP contribution in [0.4, 0.5) is 0 Å². The van der Waals surface area contributed by atoms with Crippen molar-refractivity contribution in [1.29, 1.82) is 0 Å². The smallest absolute Gasteiger partial charge is 0.198 e. The number of likely N-dealkylation sites (N-methyl/N-ethyl adjacent to an activating group) is 1. The van der Waals surface area contributed by atoms with E-state index in [2.05, 4.69) is 16.3 Å². The standard InChI is InChI=1S/C13H20N4O2/c1-5-6-14-9-11(18)13-12(19-4)10-15-17(13)8-7-16(2)3/h1,10,14H,6-9H2,2-4H3. The third-order valence-corrected chi connectivity index (χ3v) is 2.56. The Morgan fingerprint density at radius 1 is 1.63 bits per heavy atom.